The second kappa shape index (κ2) is 8.87. The van der Waals surface area contributed by atoms with E-state index >= 15 is 0 Å². The van der Waals surface area contributed by atoms with Gasteiger partial charge < -0.3 is 0 Å². The van der Waals surface area contributed by atoms with Crippen molar-refractivity contribution in [2.45, 2.75) is 51.6 Å². The van der Waals surface area contributed by atoms with Crippen molar-refractivity contribution in [2.75, 3.05) is 13.1 Å². The summed E-state index contributed by atoms with van der Waals surface area (Å²) in [5, 5.41) is 4.19. The van der Waals surface area contributed by atoms with Crippen molar-refractivity contribution in [3.8, 4) is 0 Å². The summed E-state index contributed by atoms with van der Waals surface area (Å²) in [5.74, 6) is 0. The van der Waals surface area contributed by atoms with Crippen molar-refractivity contribution >= 4 is 21.4 Å². The van der Waals surface area contributed by atoms with Gasteiger partial charge in [-0.3, -0.25) is 4.90 Å². The number of hydrogen-bond acceptors (Lipinski definition) is 4. The van der Waals surface area contributed by atoms with Crippen LogP contribution in [-0.4, -0.2) is 26.4 Å². The first-order valence-corrected chi connectivity index (χ1v) is 13.1. The van der Waals surface area contributed by atoms with E-state index in [1.54, 1.807) is 11.3 Å². The van der Waals surface area contributed by atoms with Gasteiger partial charge in [-0.05, 0) is 89.9 Å². The lowest BCUT2D eigenvalue weighted by molar-refractivity contribution is 0.180. The van der Waals surface area contributed by atoms with Crippen molar-refractivity contribution in [2.24, 2.45) is 0 Å². The number of sulfonamides is 1. The standard InChI is InChI=1S/C25H30N2O2S2/c1-17-13-18(2)20(4)25(19(17)3)31(28,29)26-14-24(23-10-12-30-16-23)27-11-9-21-7-5-6-8-22(21)15-27/h5-8,10,12-13,16,24,26H,9,11,14-15H2,1-4H3. The Hall–Kier alpha value is -1.99. The Kier molecular flexibility index (Phi) is 6.35. The zero-order valence-corrected chi connectivity index (χ0v) is 20.2. The smallest absolute Gasteiger partial charge is 0.241 e. The average molecular weight is 455 g/mol. The number of thiophene rings is 1. The highest BCUT2D eigenvalue weighted by Gasteiger charge is 2.28. The van der Waals surface area contributed by atoms with Gasteiger partial charge in [-0.2, -0.15) is 11.3 Å². The SMILES string of the molecule is Cc1cc(C)c(C)c(S(=O)(=O)NCC(c2ccsc2)N2CCc3ccccc3C2)c1C. The molecule has 1 aliphatic rings. The first-order chi connectivity index (χ1) is 14.8. The van der Waals surface area contributed by atoms with Crippen molar-refractivity contribution in [3.63, 3.8) is 0 Å². The van der Waals surface area contributed by atoms with Crippen LogP contribution in [0.3, 0.4) is 0 Å². The van der Waals surface area contributed by atoms with Crippen LogP contribution in [0.1, 0.15) is 45.0 Å². The van der Waals surface area contributed by atoms with E-state index in [4.69, 9.17) is 0 Å². The summed E-state index contributed by atoms with van der Waals surface area (Å²) in [6.07, 6.45) is 0.985. The molecule has 3 aromatic rings. The fourth-order valence-electron chi connectivity index (χ4n) is 4.55. The molecule has 1 aliphatic heterocycles. The Morgan fingerprint density at radius 1 is 1.03 bits per heavy atom. The quantitative estimate of drug-likeness (QED) is 0.566. The van der Waals surface area contributed by atoms with Gasteiger partial charge >= 0.3 is 0 Å². The van der Waals surface area contributed by atoms with Crippen molar-refractivity contribution in [3.05, 3.63) is 86.1 Å². The van der Waals surface area contributed by atoms with Gasteiger partial charge in [-0.25, -0.2) is 13.1 Å². The summed E-state index contributed by atoms with van der Waals surface area (Å²) < 4.78 is 29.8. The topological polar surface area (TPSA) is 49.4 Å². The molecule has 4 nitrogen and oxygen atoms in total. The molecule has 2 heterocycles. The molecular weight excluding hydrogens is 424 g/mol. The van der Waals surface area contributed by atoms with Gasteiger partial charge in [0, 0.05) is 25.7 Å². The number of rotatable bonds is 6. The third-order valence-electron chi connectivity index (χ3n) is 6.56. The minimum atomic E-state index is -3.63. The lowest BCUT2D eigenvalue weighted by Gasteiger charge is -2.35. The maximum Gasteiger partial charge on any atom is 0.241 e. The zero-order chi connectivity index (χ0) is 22.2. The minimum Gasteiger partial charge on any atom is -0.290 e. The summed E-state index contributed by atoms with van der Waals surface area (Å²) in [6, 6.07) is 12.7. The fraction of sp³-hybridized carbons (Fsp3) is 0.360. The molecule has 0 radical (unpaired) electrons. The van der Waals surface area contributed by atoms with Crippen LogP contribution >= 0.6 is 11.3 Å². The molecule has 1 atom stereocenters. The molecule has 31 heavy (non-hydrogen) atoms. The summed E-state index contributed by atoms with van der Waals surface area (Å²) in [7, 11) is -3.63. The van der Waals surface area contributed by atoms with Gasteiger partial charge in [0.25, 0.3) is 0 Å². The first-order valence-electron chi connectivity index (χ1n) is 10.7. The summed E-state index contributed by atoms with van der Waals surface area (Å²) >= 11 is 1.65. The molecule has 0 bridgehead atoms. The molecule has 6 heteroatoms. The molecule has 0 saturated heterocycles. The molecule has 0 aliphatic carbocycles. The Balaban J connectivity index is 1.61. The Labute approximate surface area is 190 Å². The summed E-state index contributed by atoms with van der Waals surface area (Å²) in [6.45, 7) is 9.84. The van der Waals surface area contributed by atoms with E-state index in [2.05, 4.69) is 56.8 Å². The third kappa shape index (κ3) is 4.48. The molecule has 1 unspecified atom stereocenters. The van der Waals surface area contributed by atoms with Crippen LogP contribution < -0.4 is 4.72 Å². The van der Waals surface area contributed by atoms with Crippen LogP contribution in [0.25, 0.3) is 0 Å². The highest BCUT2D eigenvalue weighted by atomic mass is 32.2. The van der Waals surface area contributed by atoms with Crippen LogP contribution in [0.15, 0.2) is 52.1 Å². The molecule has 1 N–H and O–H groups in total. The van der Waals surface area contributed by atoms with E-state index in [9.17, 15) is 8.42 Å². The minimum absolute atomic E-state index is 0.000833. The van der Waals surface area contributed by atoms with Gasteiger partial charge in [0.1, 0.15) is 0 Å². The number of fused-ring (bicyclic) bond motifs is 1. The third-order valence-corrected chi connectivity index (χ3v) is 8.96. The average Bonchev–Trinajstić information content (AvgIpc) is 3.27. The van der Waals surface area contributed by atoms with Crippen LogP contribution in [0, 0.1) is 27.7 Å². The van der Waals surface area contributed by atoms with E-state index in [-0.39, 0.29) is 6.04 Å². The van der Waals surface area contributed by atoms with Crippen molar-refractivity contribution in [1.82, 2.24) is 9.62 Å². The predicted molar refractivity (Wildman–Crippen MR) is 128 cm³/mol. The van der Waals surface area contributed by atoms with Crippen LogP contribution in [0.4, 0.5) is 0 Å². The normalized spacial score (nSPS) is 15.6. The number of nitrogens with one attached hydrogen (secondary N) is 1. The Morgan fingerprint density at radius 3 is 2.35 bits per heavy atom. The molecule has 0 spiro atoms. The van der Waals surface area contributed by atoms with E-state index in [1.165, 1.54) is 16.7 Å². The van der Waals surface area contributed by atoms with Gasteiger partial charge in [0.05, 0.1) is 4.90 Å². The van der Waals surface area contributed by atoms with Crippen LogP contribution in [0.2, 0.25) is 0 Å². The van der Waals surface area contributed by atoms with Gasteiger partial charge in [0.15, 0.2) is 0 Å². The molecular formula is C25H30N2O2S2. The maximum absolute atomic E-state index is 13.4. The summed E-state index contributed by atoms with van der Waals surface area (Å²) in [5.41, 5.74) is 7.56. The number of hydrogen-bond donors (Lipinski definition) is 1. The first kappa shape index (κ1) is 22.2. The number of nitrogens with zero attached hydrogens (tertiary/aromatic N) is 1. The largest absolute Gasteiger partial charge is 0.290 e. The lowest BCUT2D eigenvalue weighted by atomic mass is 9.97. The highest BCUT2D eigenvalue weighted by Crippen LogP contribution is 2.30. The maximum atomic E-state index is 13.4. The van der Waals surface area contributed by atoms with Crippen molar-refractivity contribution in [1.29, 1.82) is 0 Å². The van der Waals surface area contributed by atoms with Gasteiger partial charge in [-0.15, -0.1) is 0 Å². The van der Waals surface area contributed by atoms with E-state index in [1.807, 2.05) is 27.7 Å². The predicted octanol–water partition coefficient (Wildman–Crippen LogP) is 5.06. The van der Waals surface area contributed by atoms with E-state index < -0.39 is 10.0 Å². The molecule has 0 saturated carbocycles. The molecule has 0 amide bonds. The van der Waals surface area contributed by atoms with Crippen molar-refractivity contribution < 1.29 is 8.42 Å². The Morgan fingerprint density at radius 2 is 1.71 bits per heavy atom. The second-order valence-electron chi connectivity index (χ2n) is 8.50. The monoisotopic (exact) mass is 454 g/mol. The second-order valence-corrected chi connectivity index (χ2v) is 11.0. The number of benzene rings is 2. The molecule has 0 fully saturated rings. The molecule has 2 aromatic carbocycles. The number of aryl methyl sites for hydroxylation is 2. The fourth-order valence-corrected chi connectivity index (χ4v) is 6.91. The molecule has 4 rings (SSSR count). The molecule has 1 aromatic heterocycles. The van der Waals surface area contributed by atoms with Crippen LogP contribution in [-0.2, 0) is 23.0 Å². The van der Waals surface area contributed by atoms with E-state index in [0.717, 1.165) is 41.8 Å². The zero-order valence-electron chi connectivity index (χ0n) is 18.6. The van der Waals surface area contributed by atoms with Gasteiger partial charge in [0.2, 0.25) is 10.0 Å². The summed E-state index contributed by atoms with van der Waals surface area (Å²) in [4.78, 5) is 2.83. The molecule has 164 valence electrons. The van der Waals surface area contributed by atoms with Gasteiger partial charge in [-0.1, -0.05) is 30.3 Å². The highest BCUT2D eigenvalue weighted by molar-refractivity contribution is 7.89. The Bertz CT molecular complexity index is 1160. The van der Waals surface area contributed by atoms with Crippen LogP contribution in [0.5, 0.6) is 0 Å². The van der Waals surface area contributed by atoms with E-state index in [0.29, 0.717) is 11.4 Å². The lowest BCUT2D eigenvalue weighted by Crippen LogP contribution is -2.40.